The number of aliphatic carboxylic acids is 1. The van der Waals surface area contributed by atoms with Gasteiger partial charge in [0.25, 0.3) is 0 Å². The maximum absolute atomic E-state index is 11.1. The number of hydrogen-bond acceptors (Lipinski definition) is 3. The molecule has 0 aromatic rings. The zero-order valence-electron chi connectivity index (χ0n) is 8.32. The van der Waals surface area contributed by atoms with Gasteiger partial charge in [0.15, 0.2) is 0 Å². The minimum Gasteiger partial charge on any atom is -0.480 e. The Morgan fingerprint density at radius 1 is 1.79 bits per heavy atom. The first kappa shape index (κ1) is 11.0. The van der Waals surface area contributed by atoms with Gasteiger partial charge in [-0.3, -0.25) is 4.79 Å². The first-order chi connectivity index (χ1) is 6.56. The van der Waals surface area contributed by atoms with Crippen molar-refractivity contribution in [2.75, 3.05) is 13.7 Å². The van der Waals surface area contributed by atoms with Gasteiger partial charge < -0.3 is 15.2 Å². The highest BCUT2D eigenvalue weighted by Gasteiger charge is 2.40. The molecule has 0 spiro atoms. The molecule has 5 nitrogen and oxygen atoms in total. The third-order valence-corrected chi connectivity index (χ3v) is 2.59. The Morgan fingerprint density at radius 2 is 2.43 bits per heavy atom. The fourth-order valence-electron chi connectivity index (χ4n) is 1.83. The Morgan fingerprint density at radius 3 is 2.93 bits per heavy atom. The molecule has 1 amide bonds. The number of methoxy groups -OCH3 is 1. The van der Waals surface area contributed by atoms with Crippen molar-refractivity contribution >= 4 is 11.9 Å². The molecule has 0 aromatic heterocycles. The van der Waals surface area contributed by atoms with E-state index in [1.165, 1.54) is 0 Å². The maximum Gasteiger partial charge on any atom is 0.326 e. The molecular weight excluding hydrogens is 186 g/mol. The largest absolute Gasteiger partial charge is 0.480 e. The third-order valence-electron chi connectivity index (χ3n) is 2.59. The van der Waals surface area contributed by atoms with Crippen LogP contribution in [-0.2, 0) is 14.3 Å². The van der Waals surface area contributed by atoms with Gasteiger partial charge in [-0.05, 0) is 5.92 Å². The summed E-state index contributed by atoms with van der Waals surface area (Å²) < 4.78 is 4.95. The normalized spacial score (nSPS) is 28.6. The fraction of sp³-hybridized carbons (Fsp3) is 0.778. The van der Waals surface area contributed by atoms with Crippen LogP contribution in [0, 0.1) is 11.8 Å². The van der Waals surface area contributed by atoms with E-state index >= 15 is 0 Å². The molecule has 80 valence electrons. The summed E-state index contributed by atoms with van der Waals surface area (Å²) in [4.78, 5) is 21.9. The molecule has 1 heterocycles. The Balaban J connectivity index is 2.65. The average molecular weight is 201 g/mol. The predicted molar refractivity (Wildman–Crippen MR) is 48.7 cm³/mol. The van der Waals surface area contributed by atoms with Crippen LogP contribution in [0.25, 0.3) is 0 Å². The van der Waals surface area contributed by atoms with Crippen LogP contribution < -0.4 is 5.32 Å². The van der Waals surface area contributed by atoms with Crippen LogP contribution in [0.5, 0.6) is 0 Å². The summed E-state index contributed by atoms with van der Waals surface area (Å²) in [6.45, 7) is 2.37. The van der Waals surface area contributed by atoms with E-state index in [2.05, 4.69) is 5.32 Å². The zero-order chi connectivity index (χ0) is 10.7. The lowest BCUT2D eigenvalue weighted by Crippen LogP contribution is -2.39. The van der Waals surface area contributed by atoms with Crippen molar-refractivity contribution < 1.29 is 19.4 Å². The highest BCUT2D eigenvalue weighted by atomic mass is 16.5. The van der Waals surface area contributed by atoms with Gasteiger partial charge in [0.1, 0.15) is 6.04 Å². The van der Waals surface area contributed by atoms with Crippen LogP contribution in [0.4, 0.5) is 0 Å². The number of amides is 1. The number of nitrogens with one attached hydrogen (secondary N) is 1. The SMILES string of the molecule is COCC(C)C1CC(=O)NC1C(=O)O. The Hall–Kier alpha value is -1.10. The molecule has 0 radical (unpaired) electrons. The van der Waals surface area contributed by atoms with Crippen molar-refractivity contribution in [1.82, 2.24) is 5.32 Å². The maximum atomic E-state index is 11.1. The number of ether oxygens (including phenoxy) is 1. The van der Waals surface area contributed by atoms with Crippen molar-refractivity contribution in [2.45, 2.75) is 19.4 Å². The van der Waals surface area contributed by atoms with Gasteiger partial charge in [-0.2, -0.15) is 0 Å². The number of carboxylic acid groups (broad SMARTS) is 1. The summed E-state index contributed by atoms with van der Waals surface area (Å²) in [6, 6.07) is -0.757. The van der Waals surface area contributed by atoms with Crippen LogP contribution in [0.2, 0.25) is 0 Å². The lowest BCUT2D eigenvalue weighted by Gasteiger charge is -2.20. The monoisotopic (exact) mass is 201 g/mol. The molecule has 1 saturated heterocycles. The van der Waals surface area contributed by atoms with Crippen LogP contribution in [0.3, 0.4) is 0 Å². The van der Waals surface area contributed by atoms with Crippen molar-refractivity contribution in [3.8, 4) is 0 Å². The molecule has 2 N–H and O–H groups in total. The summed E-state index contributed by atoms with van der Waals surface area (Å²) >= 11 is 0. The molecule has 0 saturated carbocycles. The van der Waals surface area contributed by atoms with Crippen molar-refractivity contribution in [2.24, 2.45) is 11.8 Å². The lowest BCUT2D eigenvalue weighted by molar-refractivity contribution is -0.141. The third kappa shape index (κ3) is 2.23. The Labute approximate surface area is 82.4 Å². The second-order valence-electron chi connectivity index (χ2n) is 3.68. The summed E-state index contributed by atoms with van der Waals surface area (Å²) in [7, 11) is 1.57. The highest BCUT2D eigenvalue weighted by Crippen LogP contribution is 2.25. The lowest BCUT2D eigenvalue weighted by atomic mass is 9.88. The molecule has 1 aliphatic heterocycles. The number of carboxylic acids is 1. The van der Waals surface area contributed by atoms with Crippen LogP contribution in [0.1, 0.15) is 13.3 Å². The van der Waals surface area contributed by atoms with E-state index < -0.39 is 12.0 Å². The number of rotatable bonds is 4. The van der Waals surface area contributed by atoms with Crippen LogP contribution in [-0.4, -0.2) is 36.7 Å². The van der Waals surface area contributed by atoms with E-state index in [9.17, 15) is 9.59 Å². The predicted octanol–water partition coefficient (Wildman–Crippen LogP) is -0.142. The van der Waals surface area contributed by atoms with Crippen LogP contribution >= 0.6 is 0 Å². The van der Waals surface area contributed by atoms with E-state index in [-0.39, 0.29) is 24.2 Å². The van der Waals surface area contributed by atoms with Gasteiger partial charge >= 0.3 is 5.97 Å². The van der Waals surface area contributed by atoms with E-state index in [0.717, 1.165) is 0 Å². The molecule has 3 unspecified atom stereocenters. The molecular formula is C9H15NO4. The van der Waals surface area contributed by atoms with Gasteiger partial charge in [0.2, 0.25) is 5.91 Å². The van der Waals surface area contributed by atoms with Crippen molar-refractivity contribution in [3.63, 3.8) is 0 Å². The number of carbonyl (C=O) groups is 2. The topological polar surface area (TPSA) is 75.6 Å². The molecule has 0 bridgehead atoms. The van der Waals surface area contributed by atoms with Crippen molar-refractivity contribution in [1.29, 1.82) is 0 Å². The second-order valence-corrected chi connectivity index (χ2v) is 3.68. The van der Waals surface area contributed by atoms with Crippen LogP contribution in [0.15, 0.2) is 0 Å². The molecule has 1 aliphatic rings. The average Bonchev–Trinajstić information content (AvgIpc) is 2.48. The molecule has 1 fully saturated rings. The van der Waals surface area contributed by atoms with E-state index in [4.69, 9.17) is 9.84 Å². The minimum atomic E-state index is -0.969. The van der Waals surface area contributed by atoms with E-state index in [1.54, 1.807) is 7.11 Å². The van der Waals surface area contributed by atoms with Gasteiger partial charge in [0, 0.05) is 26.1 Å². The molecule has 3 atom stereocenters. The molecule has 5 heteroatoms. The van der Waals surface area contributed by atoms with Gasteiger partial charge in [0.05, 0.1) is 0 Å². The standard InChI is InChI=1S/C9H15NO4/c1-5(4-14-2)6-3-7(11)10-8(6)9(12)13/h5-6,8H,3-4H2,1-2H3,(H,10,11)(H,12,13). The van der Waals surface area contributed by atoms with Gasteiger partial charge in [-0.15, -0.1) is 0 Å². The minimum absolute atomic E-state index is 0.0695. The Kier molecular flexibility index (Phi) is 3.46. The number of carbonyl (C=O) groups excluding carboxylic acids is 1. The summed E-state index contributed by atoms with van der Waals surface area (Å²) in [5.41, 5.74) is 0. The quantitative estimate of drug-likeness (QED) is 0.663. The fourth-order valence-corrected chi connectivity index (χ4v) is 1.83. The molecule has 0 aliphatic carbocycles. The first-order valence-electron chi connectivity index (χ1n) is 4.57. The molecule has 14 heavy (non-hydrogen) atoms. The Bertz CT molecular complexity index is 241. The van der Waals surface area contributed by atoms with Gasteiger partial charge in [-0.1, -0.05) is 6.92 Å². The van der Waals surface area contributed by atoms with Gasteiger partial charge in [-0.25, -0.2) is 4.79 Å². The van der Waals surface area contributed by atoms with Crippen molar-refractivity contribution in [3.05, 3.63) is 0 Å². The second kappa shape index (κ2) is 4.41. The number of hydrogen-bond donors (Lipinski definition) is 2. The smallest absolute Gasteiger partial charge is 0.326 e. The highest BCUT2D eigenvalue weighted by molar-refractivity contribution is 5.88. The van der Waals surface area contributed by atoms with E-state index in [1.807, 2.05) is 6.92 Å². The zero-order valence-corrected chi connectivity index (χ0v) is 8.32. The molecule has 0 aromatic carbocycles. The summed E-state index contributed by atoms with van der Waals surface area (Å²) in [5.74, 6) is -1.26. The summed E-state index contributed by atoms with van der Waals surface area (Å²) in [5, 5.41) is 11.3. The molecule has 1 rings (SSSR count). The van der Waals surface area contributed by atoms with E-state index in [0.29, 0.717) is 6.61 Å². The first-order valence-corrected chi connectivity index (χ1v) is 4.57. The summed E-state index contributed by atoms with van der Waals surface area (Å²) in [6.07, 6.45) is 0.279.